The number of hydrogen-bond acceptors (Lipinski definition) is 5. The van der Waals surface area contributed by atoms with Crippen molar-refractivity contribution < 1.29 is 23.9 Å². The van der Waals surface area contributed by atoms with E-state index in [-0.39, 0.29) is 18.5 Å². The van der Waals surface area contributed by atoms with Crippen molar-refractivity contribution in [1.29, 1.82) is 0 Å². The van der Waals surface area contributed by atoms with Crippen molar-refractivity contribution in [2.24, 2.45) is 0 Å². The molecule has 6 nitrogen and oxygen atoms in total. The minimum atomic E-state index is -0.800. The molecule has 0 radical (unpaired) electrons. The second-order valence-electron chi connectivity index (χ2n) is 3.24. The molecule has 0 aromatic rings. The summed E-state index contributed by atoms with van der Waals surface area (Å²) in [5, 5.41) is 2.55. The fourth-order valence-electron chi connectivity index (χ4n) is 0.946. The Morgan fingerprint density at radius 1 is 1.19 bits per heavy atom. The summed E-state index contributed by atoms with van der Waals surface area (Å²) in [6, 6.07) is 0. The Hall–Kier alpha value is -1.59. The van der Waals surface area contributed by atoms with Crippen LogP contribution in [0.2, 0.25) is 0 Å². The predicted molar refractivity (Wildman–Crippen MR) is 55.5 cm³/mol. The van der Waals surface area contributed by atoms with Crippen LogP contribution in [0, 0.1) is 0 Å². The third-order valence-corrected chi connectivity index (χ3v) is 1.64. The van der Waals surface area contributed by atoms with Gasteiger partial charge in [0, 0.05) is 20.4 Å². The molecule has 0 aliphatic heterocycles. The van der Waals surface area contributed by atoms with Gasteiger partial charge >= 0.3 is 11.9 Å². The van der Waals surface area contributed by atoms with Crippen LogP contribution in [0.15, 0.2) is 0 Å². The number of nitrogens with one attached hydrogen (secondary N) is 1. The zero-order valence-electron chi connectivity index (χ0n) is 9.74. The molecule has 6 heteroatoms. The van der Waals surface area contributed by atoms with Gasteiger partial charge in [-0.05, 0) is 13.3 Å². The van der Waals surface area contributed by atoms with E-state index in [1.54, 1.807) is 0 Å². The van der Waals surface area contributed by atoms with E-state index >= 15 is 0 Å². The van der Waals surface area contributed by atoms with Crippen LogP contribution in [0.4, 0.5) is 0 Å². The van der Waals surface area contributed by atoms with Gasteiger partial charge in [-0.1, -0.05) is 0 Å². The summed E-state index contributed by atoms with van der Waals surface area (Å²) < 4.78 is 9.34. The number of hydrogen-bond donors (Lipinski definition) is 1. The number of ether oxygens (including phenoxy) is 2. The van der Waals surface area contributed by atoms with Gasteiger partial charge in [0.2, 0.25) is 0 Å². The zero-order chi connectivity index (χ0) is 12.6. The molecule has 1 unspecified atom stereocenters. The lowest BCUT2D eigenvalue weighted by Gasteiger charge is -2.11. The molecule has 1 atom stereocenters. The van der Waals surface area contributed by atoms with E-state index in [4.69, 9.17) is 0 Å². The van der Waals surface area contributed by atoms with Crippen LogP contribution in [0.25, 0.3) is 0 Å². The molecule has 16 heavy (non-hydrogen) atoms. The van der Waals surface area contributed by atoms with E-state index in [1.807, 2.05) is 0 Å². The highest BCUT2D eigenvalue weighted by Gasteiger charge is 2.14. The van der Waals surface area contributed by atoms with Crippen molar-refractivity contribution in [1.82, 2.24) is 5.32 Å². The Morgan fingerprint density at radius 3 is 2.31 bits per heavy atom. The van der Waals surface area contributed by atoms with Crippen LogP contribution in [0.1, 0.15) is 27.2 Å². The maximum Gasteiger partial charge on any atom is 0.303 e. The normalized spacial score (nSPS) is 11.4. The number of carbonyl (C=O) groups excluding carboxylic acids is 3. The zero-order valence-corrected chi connectivity index (χ0v) is 9.74. The lowest BCUT2D eigenvalue weighted by molar-refractivity contribution is -0.152. The lowest BCUT2D eigenvalue weighted by atomic mass is 10.3. The first-order chi connectivity index (χ1) is 7.43. The molecular weight excluding hydrogens is 214 g/mol. The van der Waals surface area contributed by atoms with Gasteiger partial charge in [-0.2, -0.15) is 0 Å². The number of esters is 2. The Kier molecular flexibility index (Phi) is 6.91. The fraction of sp³-hybridized carbons (Fsp3) is 0.700. The molecule has 0 rings (SSSR count). The topological polar surface area (TPSA) is 81.7 Å². The summed E-state index contributed by atoms with van der Waals surface area (Å²) in [6.07, 6.45) is -0.274. The van der Waals surface area contributed by atoms with Crippen LogP contribution >= 0.6 is 0 Å². The quantitative estimate of drug-likeness (QED) is 0.514. The molecule has 0 heterocycles. The molecule has 0 aromatic heterocycles. The van der Waals surface area contributed by atoms with E-state index in [9.17, 15) is 14.4 Å². The van der Waals surface area contributed by atoms with E-state index in [1.165, 1.54) is 20.8 Å². The second-order valence-corrected chi connectivity index (χ2v) is 3.24. The molecule has 1 N–H and O–H groups in total. The SMILES string of the molecule is CC(=O)OCCCNC(=O)C(C)OC(C)=O. The molecule has 0 aliphatic carbocycles. The van der Waals surface area contributed by atoms with Gasteiger partial charge in [0.1, 0.15) is 0 Å². The second kappa shape index (κ2) is 7.67. The Labute approximate surface area is 94.3 Å². The largest absolute Gasteiger partial charge is 0.466 e. The van der Waals surface area contributed by atoms with E-state index in [0.29, 0.717) is 13.0 Å². The monoisotopic (exact) mass is 231 g/mol. The third-order valence-electron chi connectivity index (χ3n) is 1.64. The smallest absolute Gasteiger partial charge is 0.303 e. The van der Waals surface area contributed by atoms with Gasteiger partial charge in [0.25, 0.3) is 5.91 Å². The first-order valence-corrected chi connectivity index (χ1v) is 5.01. The van der Waals surface area contributed by atoms with Crippen molar-refractivity contribution in [2.75, 3.05) is 13.2 Å². The summed E-state index contributed by atoms with van der Waals surface area (Å²) in [5.41, 5.74) is 0. The minimum Gasteiger partial charge on any atom is -0.466 e. The molecule has 0 saturated heterocycles. The first kappa shape index (κ1) is 14.4. The summed E-state index contributed by atoms with van der Waals surface area (Å²) in [6.45, 7) is 4.68. The molecule has 0 aromatic carbocycles. The van der Waals surface area contributed by atoms with Gasteiger partial charge in [-0.15, -0.1) is 0 Å². The number of carbonyl (C=O) groups is 3. The van der Waals surface area contributed by atoms with E-state index < -0.39 is 12.1 Å². The summed E-state index contributed by atoms with van der Waals surface area (Å²) >= 11 is 0. The van der Waals surface area contributed by atoms with Gasteiger partial charge in [-0.25, -0.2) is 0 Å². The van der Waals surface area contributed by atoms with Crippen LogP contribution < -0.4 is 5.32 Å². The van der Waals surface area contributed by atoms with Crippen LogP contribution in [0.5, 0.6) is 0 Å². The first-order valence-electron chi connectivity index (χ1n) is 5.01. The van der Waals surface area contributed by atoms with Gasteiger partial charge < -0.3 is 14.8 Å². The standard InChI is InChI=1S/C10H17NO5/c1-7(16-9(3)13)10(14)11-5-4-6-15-8(2)12/h7H,4-6H2,1-3H3,(H,11,14). The molecule has 92 valence electrons. The molecule has 0 saturated carbocycles. The Bertz CT molecular complexity index is 264. The van der Waals surface area contributed by atoms with Crippen molar-refractivity contribution in [3.63, 3.8) is 0 Å². The predicted octanol–water partition coefficient (Wildman–Crippen LogP) is 0.00740. The van der Waals surface area contributed by atoms with E-state index in [0.717, 1.165) is 0 Å². The summed E-state index contributed by atoms with van der Waals surface area (Å²) in [4.78, 5) is 32.2. The number of rotatable bonds is 6. The molecule has 1 amide bonds. The summed E-state index contributed by atoms with van der Waals surface area (Å²) in [7, 11) is 0. The highest BCUT2D eigenvalue weighted by Crippen LogP contribution is 1.91. The molecule has 0 bridgehead atoms. The maximum absolute atomic E-state index is 11.3. The lowest BCUT2D eigenvalue weighted by Crippen LogP contribution is -2.36. The van der Waals surface area contributed by atoms with Crippen molar-refractivity contribution in [3.8, 4) is 0 Å². The molecular formula is C10H17NO5. The highest BCUT2D eigenvalue weighted by atomic mass is 16.5. The van der Waals surface area contributed by atoms with Crippen molar-refractivity contribution in [2.45, 2.75) is 33.3 Å². The minimum absolute atomic E-state index is 0.261. The molecule has 0 aliphatic rings. The Morgan fingerprint density at radius 2 is 1.81 bits per heavy atom. The average Bonchev–Trinajstić information content (AvgIpc) is 2.15. The molecule has 0 spiro atoms. The number of amides is 1. The van der Waals surface area contributed by atoms with Gasteiger partial charge in [0.05, 0.1) is 6.61 Å². The summed E-state index contributed by atoms with van der Waals surface area (Å²) in [5.74, 6) is -1.21. The average molecular weight is 231 g/mol. The van der Waals surface area contributed by atoms with Crippen molar-refractivity contribution >= 4 is 17.8 Å². The van der Waals surface area contributed by atoms with Crippen molar-refractivity contribution in [3.05, 3.63) is 0 Å². The maximum atomic E-state index is 11.3. The van der Waals surface area contributed by atoms with Crippen LogP contribution in [-0.4, -0.2) is 37.1 Å². The van der Waals surface area contributed by atoms with Gasteiger partial charge in [0.15, 0.2) is 6.10 Å². The van der Waals surface area contributed by atoms with Crippen LogP contribution in [0.3, 0.4) is 0 Å². The molecule has 0 fully saturated rings. The highest BCUT2D eigenvalue weighted by molar-refractivity contribution is 5.82. The third kappa shape index (κ3) is 7.78. The van der Waals surface area contributed by atoms with Gasteiger partial charge in [-0.3, -0.25) is 14.4 Å². The van der Waals surface area contributed by atoms with E-state index in [2.05, 4.69) is 14.8 Å². The Balaban J connectivity index is 3.57. The van der Waals surface area contributed by atoms with Crippen LogP contribution in [-0.2, 0) is 23.9 Å². The fourth-order valence-corrected chi connectivity index (χ4v) is 0.946.